The molecule has 0 aromatic heterocycles. The van der Waals surface area contributed by atoms with Gasteiger partial charge in [0.25, 0.3) is 0 Å². The third-order valence-corrected chi connectivity index (χ3v) is 3.18. The Labute approximate surface area is 102 Å². The minimum absolute atomic E-state index is 0.0371. The van der Waals surface area contributed by atoms with Gasteiger partial charge in [0.15, 0.2) is 5.78 Å². The fourth-order valence-electron chi connectivity index (χ4n) is 1.96. The lowest BCUT2D eigenvalue weighted by molar-refractivity contribution is -0.119. The molecule has 0 bridgehead atoms. The van der Waals surface area contributed by atoms with Gasteiger partial charge in [-0.15, -0.1) is 0 Å². The van der Waals surface area contributed by atoms with Crippen LogP contribution in [0, 0.1) is 5.92 Å². The second-order valence-electron chi connectivity index (χ2n) is 4.79. The second-order valence-corrected chi connectivity index (χ2v) is 4.79. The van der Waals surface area contributed by atoms with Crippen LogP contribution in [0.1, 0.15) is 48.5 Å². The summed E-state index contributed by atoms with van der Waals surface area (Å²) in [6, 6.07) is 7.65. The van der Waals surface area contributed by atoms with E-state index in [1.165, 1.54) is 5.56 Å². The third kappa shape index (κ3) is 3.26. The molecule has 17 heavy (non-hydrogen) atoms. The van der Waals surface area contributed by atoms with Crippen molar-refractivity contribution in [1.82, 2.24) is 0 Å². The second kappa shape index (κ2) is 5.26. The van der Waals surface area contributed by atoms with Gasteiger partial charge in [0, 0.05) is 11.5 Å². The molecule has 1 aromatic carbocycles. The summed E-state index contributed by atoms with van der Waals surface area (Å²) in [5.74, 6) is 0.260. The van der Waals surface area contributed by atoms with E-state index in [9.17, 15) is 9.59 Å². The number of Topliss-reactive ketones (excluding diaryl/α,β-unsaturated/α-hetero) is 2. The summed E-state index contributed by atoms with van der Waals surface area (Å²) >= 11 is 0. The molecule has 0 radical (unpaired) electrons. The zero-order valence-electron chi connectivity index (χ0n) is 10.2. The van der Waals surface area contributed by atoms with Crippen molar-refractivity contribution >= 4 is 11.6 Å². The zero-order chi connectivity index (χ0) is 12.3. The van der Waals surface area contributed by atoms with Gasteiger partial charge in [-0.1, -0.05) is 37.6 Å². The maximum Gasteiger partial charge on any atom is 0.170 e. The van der Waals surface area contributed by atoms with E-state index in [0.717, 1.165) is 25.7 Å². The average Bonchev–Trinajstić information content (AvgIpc) is 3.14. The summed E-state index contributed by atoms with van der Waals surface area (Å²) in [6.45, 7) is 2.13. The first kappa shape index (κ1) is 12.0. The maximum atomic E-state index is 11.8. The number of carbonyl (C=O) groups excluding carboxylic acids is 2. The minimum Gasteiger partial charge on any atom is -0.299 e. The SMILES string of the molecule is CCCc1ccc(C(=O)CC(=O)C2CC2)cc1. The Morgan fingerprint density at radius 3 is 2.35 bits per heavy atom. The lowest BCUT2D eigenvalue weighted by Gasteiger charge is -2.02. The molecule has 2 rings (SSSR count). The van der Waals surface area contributed by atoms with Gasteiger partial charge in [-0.05, 0) is 24.8 Å². The van der Waals surface area contributed by atoms with E-state index >= 15 is 0 Å². The Bertz CT molecular complexity index is 413. The molecule has 2 nitrogen and oxygen atoms in total. The molecule has 1 saturated carbocycles. The van der Waals surface area contributed by atoms with Gasteiger partial charge < -0.3 is 0 Å². The Balaban J connectivity index is 1.96. The van der Waals surface area contributed by atoms with Crippen molar-refractivity contribution in [2.24, 2.45) is 5.92 Å². The lowest BCUT2D eigenvalue weighted by Crippen LogP contribution is -2.09. The number of hydrogen-bond acceptors (Lipinski definition) is 2. The Kier molecular flexibility index (Phi) is 3.72. The molecule has 0 heterocycles. The van der Waals surface area contributed by atoms with Gasteiger partial charge in [0.05, 0.1) is 6.42 Å². The molecule has 0 aliphatic heterocycles. The third-order valence-electron chi connectivity index (χ3n) is 3.18. The predicted octanol–water partition coefficient (Wildman–Crippen LogP) is 3.19. The summed E-state index contributed by atoms with van der Waals surface area (Å²) in [6.07, 6.45) is 4.17. The van der Waals surface area contributed by atoms with Crippen LogP contribution >= 0.6 is 0 Å². The number of hydrogen-bond donors (Lipinski definition) is 0. The van der Waals surface area contributed by atoms with E-state index in [-0.39, 0.29) is 23.9 Å². The summed E-state index contributed by atoms with van der Waals surface area (Å²) in [5.41, 5.74) is 1.91. The highest BCUT2D eigenvalue weighted by Gasteiger charge is 2.30. The number of carbonyl (C=O) groups is 2. The molecule has 1 aliphatic rings. The molecular formula is C15H18O2. The maximum absolute atomic E-state index is 11.8. The lowest BCUT2D eigenvalue weighted by atomic mass is 10.0. The summed E-state index contributed by atoms with van der Waals surface area (Å²) < 4.78 is 0. The predicted molar refractivity (Wildman–Crippen MR) is 67.1 cm³/mol. The molecule has 1 aliphatic carbocycles. The van der Waals surface area contributed by atoms with E-state index in [2.05, 4.69) is 6.92 Å². The van der Waals surface area contributed by atoms with Crippen LogP contribution in [0.4, 0.5) is 0 Å². The van der Waals surface area contributed by atoms with Gasteiger partial charge in [-0.25, -0.2) is 0 Å². The first-order chi connectivity index (χ1) is 8.20. The zero-order valence-corrected chi connectivity index (χ0v) is 10.2. The molecule has 0 saturated heterocycles. The van der Waals surface area contributed by atoms with E-state index < -0.39 is 0 Å². The van der Waals surface area contributed by atoms with Crippen molar-refractivity contribution in [3.8, 4) is 0 Å². The van der Waals surface area contributed by atoms with Gasteiger partial charge in [0.1, 0.15) is 5.78 Å². The molecule has 0 spiro atoms. The van der Waals surface area contributed by atoms with E-state index in [0.29, 0.717) is 5.56 Å². The molecular weight excluding hydrogens is 212 g/mol. The first-order valence-electron chi connectivity index (χ1n) is 6.35. The summed E-state index contributed by atoms with van der Waals surface area (Å²) in [4.78, 5) is 23.4. The highest BCUT2D eigenvalue weighted by Crippen LogP contribution is 2.31. The monoisotopic (exact) mass is 230 g/mol. The van der Waals surface area contributed by atoms with Crippen molar-refractivity contribution < 1.29 is 9.59 Å². The Hall–Kier alpha value is -1.44. The van der Waals surface area contributed by atoms with Crippen LogP contribution in [0.15, 0.2) is 24.3 Å². The van der Waals surface area contributed by atoms with Crippen molar-refractivity contribution in [3.63, 3.8) is 0 Å². The van der Waals surface area contributed by atoms with Crippen molar-refractivity contribution in [2.45, 2.75) is 39.0 Å². The fourth-order valence-corrected chi connectivity index (χ4v) is 1.96. The number of ketones is 2. The van der Waals surface area contributed by atoms with Crippen molar-refractivity contribution in [2.75, 3.05) is 0 Å². The van der Waals surface area contributed by atoms with Crippen molar-refractivity contribution in [3.05, 3.63) is 35.4 Å². The molecule has 1 fully saturated rings. The quantitative estimate of drug-likeness (QED) is 0.555. The standard InChI is InChI=1S/C15H18O2/c1-2-3-11-4-6-12(7-5-11)14(16)10-15(17)13-8-9-13/h4-7,13H,2-3,8-10H2,1H3. The minimum atomic E-state index is -0.0371. The van der Waals surface area contributed by atoms with Crippen LogP contribution in [-0.2, 0) is 11.2 Å². The van der Waals surface area contributed by atoms with Gasteiger partial charge in [-0.2, -0.15) is 0 Å². The number of aryl methyl sites for hydroxylation is 1. The van der Waals surface area contributed by atoms with Crippen LogP contribution in [0.2, 0.25) is 0 Å². The Morgan fingerprint density at radius 2 is 1.82 bits per heavy atom. The van der Waals surface area contributed by atoms with Gasteiger partial charge in [0.2, 0.25) is 0 Å². The van der Waals surface area contributed by atoms with E-state index in [1.54, 1.807) is 0 Å². The largest absolute Gasteiger partial charge is 0.299 e. The smallest absolute Gasteiger partial charge is 0.170 e. The molecule has 90 valence electrons. The molecule has 0 N–H and O–H groups in total. The summed E-state index contributed by atoms with van der Waals surface area (Å²) in [7, 11) is 0. The topological polar surface area (TPSA) is 34.1 Å². The normalized spacial score (nSPS) is 14.6. The van der Waals surface area contributed by atoms with Crippen LogP contribution in [0.25, 0.3) is 0 Å². The van der Waals surface area contributed by atoms with Gasteiger partial charge in [-0.3, -0.25) is 9.59 Å². The average molecular weight is 230 g/mol. The highest BCUT2D eigenvalue weighted by molar-refractivity contribution is 6.09. The number of benzene rings is 1. The first-order valence-corrected chi connectivity index (χ1v) is 6.35. The van der Waals surface area contributed by atoms with Crippen LogP contribution in [0.5, 0.6) is 0 Å². The van der Waals surface area contributed by atoms with Crippen LogP contribution in [-0.4, -0.2) is 11.6 Å². The molecule has 2 heteroatoms. The van der Waals surface area contributed by atoms with Crippen LogP contribution < -0.4 is 0 Å². The van der Waals surface area contributed by atoms with E-state index in [4.69, 9.17) is 0 Å². The Morgan fingerprint density at radius 1 is 1.18 bits per heavy atom. The molecule has 1 aromatic rings. The van der Waals surface area contributed by atoms with Crippen molar-refractivity contribution in [1.29, 1.82) is 0 Å². The van der Waals surface area contributed by atoms with Gasteiger partial charge >= 0.3 is 0 Å². The molecule has 0 atom stereocenters. The molecule has 0 unspecified atom stereocenters. The highest BCUT2D eigenvalue weighted by atomic mass is 16.1. The summed E-state index contributed by atoms with van der Waals surface area (Å²) in [5, 5.41) is 0. The number of rotatable bonds is 6. The fraction of sp³-hybridized carbons (Fsp3) is 0.467. The van der Waals surface area contributed by atoms with E-state index in [1.807, 2.05) is 24.3 Å². The van der Waals surface area contributed by atoms with Crippen LogP contribution in [0.3, 0.4) is 0 Å². The molecule has 0 amide bonds.